The normalized spacial score (nSPS) is 26.7. The van der Waals surface area contributed by atoms with Crippen molar-refractivity contribution < 1.29 is 0 Å². The molecular weight excluding hydrogens is 363 g/mol. The van der Waals surface area contributed by atoms with Crippen LogP contribution in [-0.4, -0.2) is 61.6 Å². The highest BCUT2D eigenvalue weighted by atomic mass is 127. The van der Waals surface area contributed by atoms with E-state index in [-0.39, 0.29) is 24.0 Å². The molecule has 1 atom stereocenters. The van der Waals surface area contributed by atoms with E-state index in [1.165, 1.54) is 32.4 Å². The van der Waals surface area contributed by atoms with Crippen molar-refractivity contribution >= 4 is 29.9 Å². The molecule has 20 heavy (non-hydrogen) atoms. The van der Waals surface area contributed by atoms with Gasteiger partial charge in [-0.1, -0.05) is 20.8 Å². The van der Waals surface area contributed by atoms with Gasteiger partial charge in [-0.3, -0.25) is 9.89 Å². The molecule has 2 saturated heterocycles. The molecule has 118 valence electrons. The van der Waals surface area contributed by atoms with Gasteiger partial charge in [0.2, 0.25) is 0 Å². The highest BCUT2D eigenvalue weighted by Crippen LogP contribution is 2.28. The number of nitrogens with one attached hydrogen (secondary N) is 1. The van der Waals surface area contributed by atoms with Crippen molar-refractivity contribution in [2.24, 2.45) is 10.4 Å². The number of hydrogen-bond donors (Lipinski definition) is 1. The molecule has 4 nitrogen and oxygen atoms in total. The number of likely N-dealkylation sites (N-methyl/N-ethyl adjacent to an activating group) is 1. The average molecular weight is 394 g/mol. The summed E-state index contributed by atoms with van der Waals surface area (Å²) in [6.07, 6.45) is 3.93. The lowest BCUT2D eigenvalue weighted by atomic mass is 9.93. The van der Waals surface area contributed by atoms with Gasteiger partial charge in [0, 0.05) is 32.7 Å². The maximum atomic E-state index is 4.46. The van der Waals surface area contributed by atoms with Gasteiger partial charge in [-0.2, -0.15) is 0 Å². The van der Waals surface area contributed by atoms with E-state index in [2.05, 4.69) is 40.9 Å². The smallest absolute Gasteiger partial charge is 0.193 e. The Morgan fingerprint density at radius 2 is 2.10 bits per heavy atom. The molecule has 2 fully saturated rings. The first-order valence-corrected chi connectivity index (χ1v) is 7.75. The maximum Gasteiger partial charge on any atom is 0.193 e. The summed E-state index contributed by atoms with van der Waals surface area (Å²) in [7, 11) is 1.90. The average Bonchev–Trinajstić information content (AvgIpc) is 2.96. The van der Waals surface area contributed by atoms with Gasteiger partial charge in [0.05, 0.1) is 0 Å². The fraction of sp³-hybridized carbons (Fsp3) is 0.933. The molecule has 1 N–H and O–H groups in total. The number of hydrogen-bond acceptors (Lipinski definition) is 2. The number of guanidine groups is 1. The second kappa shape index (κ2) is 7.82. The molecular formula is C15H31IN4. The minimum absolute atomic E-state index is 0. The van der Waals surface area contributed by atoms with Crippen molar-refractivity contribution in [1.82, 2.24) is 15.1 Å². The van der Waals surface area contributed by atoms with Crippen molar-refractivity contribution in [3.05, 3.63) is 0 Å². The Hall–Kier alpha value is -0.0400. The Bertz CT molecular complexity index is 330. The Kier molecular flexibility index (Phi) is 7.04. The lowest BCUT2D eigenvalue weighted by molar-refractivity contribution is 0.265. The largest absolute Gasteiger partial charge is 0.355 e. The van der Waals surface area contributed by atoms with Crippen LogP contribution in [0, 0.1) is 5.41 Å². The molecule has 0 aromatic heterocycles. The van der Waals surface area contributed by atoms with Gasteiger partial charge in [0.15, 0.2) is 5.96 Å². The molecule has 2 heterocycles. The van der Waals surface area contributed by atoms with Crippen LogP contribution in [0.4, 0.5) is 0 Å². The number of halogens is 1. The topological polar surface area (TPSA) is 30.9 Å². The number of rotatable bonds is 3. The van der Waals surface area contributed by atoms with E-state index >= 15 is 0 Å². The molecule has 2 rings (SSSR count). The van der Waals surface area contributed by atoms with E-state index in [0.29, 0.717) is 11.5 Å². The minimum atomic E-state index is 0. The summed E-state index contributed by atoms with van der Waals surface area (Å²) in [6.45, 7) is 12.7. The lowest BCUT2D eigenvalue weighted by Crippen LogP contribution is -2.46. The van der Waals surface area contributed by atoms with Crippen molar-refractivity contribution in [3.63, 3.8) is 0 Å². The van der Waals surface area contributed by atoms with E-state index in [1.807, 2.05) is 7.05 Å². The van der Waals surface area contributed by atoms with Crippen LogP contribution in [0.25, 0.3) is 0 Å². The van der Waals surface area contributed by atoms with Crippen LogP contribution in [0.15, 0.2) is 4.99 Å². The van der Waals surface area contributed by atoms with E-state index in [9.17, 15) is 0 Å². The highest BCUT2D eigenvalue weighted by Gasteiger charge is 2.31. The van der Waals surface area contributed by atoms with Gasteiger partial charge >= 0.3 is 0 Å². The first-order chi connectivity index (χ1) is 9.05. The van der Waals surface area contributed by atoms with E-state index in [0.717, 1.165) is 25.6 Å². The van der Waals surface area contributed by atoms with Gasteiger partial charge in [-0.25, -0.2) is 0 Å². The van der Waals surface area contributed by atoms with Crippen LogP contribution in [-0.2, 0) is 0 Å². The van der Waals surface area contributed by atoms with Crippen molar-refractivity contribution in [3.8, 4) is 0 Å². The molecule has 0 radical (unpaired) electrons. The summed E-state index contributed by atoms with van der Waals surface area (Å²) in [4.78, 5) is 9.45. The molecule has 0 spiro atoms. The van der Waals surface area contributed by atoms with Crippen molar-refractivity contribution in [2.75, 3.05) is 39.8 Å². The Morgan fingerprint density at radius 3 is 2.65 bits per heavy atom. The highest BCUT2D eigenvalue weighted by molar-refractivity contribution is 14.0. The molecule has 0 amide bonds. The predicted octanol–water partition coefficient (Wildman–Crippen LogP) is 2.40. The van der Waals surface area contributed by atoms with E-state index in [1.54, 1.807) is 0 Å². The zero-order valence-electron chi connectivity index (χ0n) is 13.5. The van der Waals surface area contributed by atoms with Crippen molar-refractivity contribution in [1.29, 1.82) is 0 Å². The molecule has 0 saturated carbocycles. The lowest BCUT2D eigenvalue weighted by Gasteiger charge is -2.27. The zero-order chi connectivity index (χ0) is 13.9. The van der Waals surface area contributed by atoms with Gasteiger partial charge in [0.1, 0.15) is 0 Å². The van der Waals surface area contributed by atoms with E-state index in [4.69, 9.17) is 0 Å². The predicted molar refractivity (Wildman–Crippen MR) is 97.0 cm³/mol. The molecule has 5 heteroatoms. The van der Waals surface area contributed by atoms with Crippen LogP contribution >= 0.6 is 24.0 Å². The number of likely N-dealkylation sites (tertiary alicyclic amines) is 2. The van der Waals surface area contributed by atoms with Crippen LogP contribution in [0.2, 0.25) is 0 Å². The third kappa shape index (κ3) is 4.48. The molecule has 2 aliphatic heterocycles. The Balaban J connectivity index is 0.00000200. The van der Waals surface area contributed by atoms with Crippen LogP contribution in [0.5, 0.6) is 0 Å². The minimum Gasteiger partial charge on any atom is -0.355 e. The second-order valence-corrected chi connectivity index (χ2v) is 6.69. The molecule has 2 aliphatic rings. The molecule has 0 aliphatic carbocycles. The number of aliphatic imine (C=N–C) groups is 1. The van der Waals surface area contributed by atoms with Gasteiger partial charge in [-0.15, -0.1) is 24.0 Å². The zero-order valence-corrected chi connectivity index (χ0v) is 15.8. The monoisotopic (exact) mass is 394 g/mol. The van der Waals surface area contributed by atoms with Crippen LogP contribution in [0.3, 0.4) is 0 Å². The van der Waals surface area contributed by atoms with Gasteiger partial charge in [0.25, 0.3) is 0 Å². The SMILES string of the molecule is CCN1CCCC1CNC(=NC)N1CCC(C)(C)C1.I. The fourth-order valence-electron chi connectivity index (χ4n) is 3.38. The van der Waals surface area contributed by atoms with Gasteiger partial charge < -0.3 is 10.2 Å². The van der Waals surface area contributed by atoms with Crippen LogP contribution < -0.4 is 5.32 Å². The summed E-state index contributed by atoms with van der Waals surface area (Å²) in [5.74, 6) is 1.09. The second-order valence-electron chi connectivity index (χ2n) is 6.69. The quantitative estimate of drug-likeness (QED) is 0.453. The summed E-state index contributed by atoms with van der Waals surface area (Å²) >= 11 is 0. The molecule has 1 unspecified atom stereocenters. The standard InChI is InChI=1S/C15H30N4.HI/c1-5-18-9-6-7-13(18)11-17-14(16-4)19-10-8-15(2,3)12-19;/h13H,5-12H2,1-4H3,(H,16,17);1H. The Labute approximate surface area is 141 Å². The first-order valence-electron chi connectivity index (χ1n) is 7.75. The summed E-state index contributed by atoms with van der Waals surface area (Å²) in [5, 5.41) is 3.59. The first kappa shape index (κ1) is 18.0. The van der Waals surface area contributed by atoms with E-state index < -0.39 is 0 Å². The number of nitrogens with zero attached hydrogens (tertiary/aromatic N) is 3. The Morgan fingerprint density at radius 1 is 1.35 bits per heavy atom. The van der Waals surface area contributed by atoms with Crippen LogP contribution in [0.1, 0.15) is 40.0 Å². The summed E-state index contributed by atoms with van der Waals surface area (Å²) in [5.41, 5.74) is 0.431. The molecule has 0 bridgehead atoms. The third-order valence-corrected chi connectivity index (χ3v) is 4.59. The molecule has 0 aromatic rings. The fourth-order valence-corrected chi connectivity index (χ4v) is 3.38. The third-order valence-electron chi connectivity index (χ3n) is 4.59. The molecule has 0 aromatic carbocycles. The van der Waals surface area contributed by atoms with Gasteiger partial charge in [-0.05, 0) is 37.8 Å². The van der Waals surface area contributed by atoms with Crippen molar-refractivity contribution in [2.45, 2.75) is 46.1 Å². The summed E-state index contributed by atoms with van der Waals surface area (Å²) < 4.78 is 0. The summed E-state index contributed by atoms with van der Waals surface area (Å²) in [6, 6.07) is 0.692. The maximum absolute atomic E-state index is 4.46.